The van der Waals surface area contributed by atoms with Crippen LogP contribution in [0.25, 0.3) is 0 Å². The van der Waals surface area contributed by atoms with Crippen LogP contribution in [-0.2, 0) is 6.42 Å². The summed E-state index contributed by atoms with van der Waals surface area (Å²) in [6.45, 7) is 6.97. The van der Waals surface area contributed by atoms with E-state index in [9.17, 15) is 9.59 Å². The van der Waals surface area contributed by atoms with Crippen LogP contribution < -0.4 is 10.2 Å². The molecule has 1 N–H and O–H groups in total. The van der Waals surface area contributed by atoms with Gasteiger partial charge in [0, 0.05) is 31.7 Å². The van der Waals surface area contributed by atoms with Crippen molar-refractivity contribution in [2.75, 3.05) is 36.4 Å². The van der Waals surface area contributed by atoms with Gasteiger partial charge in [0.1, 0.15) is 5.56 Å². The number of nitrogens with one attached hydrogen (secondary N) is 1. The number of halogens is 1. The molecule has 2 aromatic rings. The Balaban J connectivity index is 1.67. The summed E-state index contributed by atoms with van der Waals surface area (Å²) in [5.74, 6) is -1.30. The predicted molar refractivity (Wildman–Crippen MR) is 121 cm³/mol. The number of likely N-dealkylation sites (tertiary alicyclic amines) is 1. The number of aryl methyl sites for hydroxylation is 2. The zero-order valence-electron chi connectivity index (χ0n) is 18.3. The minimum atomic E-state index is -0.641. The molecule has 6 heteroatoms. The van der Waals surface area contributed by atoms with Crippen molar-refractivity contribution in [3.8, 4) is 0 Å². The van der Waals surface area contributed by atoms with Crippen molar-refractivity contribution in [3.63, 3.8) is 0 Å². The summed E-state index contributed by atoms with van der Waals surface area (Å²) >= 11 is 0. The third-order valence-corrected chi connectivity index (χ3v) is 6.41. The SMILES string of the molecule is CCc1cc(C(=O)Nc2ccc(N3CCCC3)c(C(=O)N3CCCC3)c2F)ccc1C. The van der Waals surface area contributed by atoms with Crippen molar-refractivity contribution in [1.82, 2.24) is 4.90 Å². The molecular weight excluding hydrogens is 393 g/mol. The van der Waals surface area contributed by atoms with Gasteiger partial charge in [-0.2, -0.15) is 0 Å². The monoisotopic (exact) mass is 423 g/mol. The Morgan fingerprint density at radius 2 is 1.68 bits per heavy atom. The van der Waals surface area contributed by atoms with E-state index in [0.717, 1.165) is 56.3 Å². The maximum Gasteiger partial charge on any atom is 0.259 e. The summed E-state index contributed by atoms with van der Waals surface area (Å²) in [5, 5.41) is 2.70. The molecule has 2 fully saturated rings. The minimum Gasteiger partial charge on any atom is -0.371 e. The molecule has 164 valence electrons. The van der Waals surface area contributed by atoms with Crippen LogP contribution in [0.4, 0.5) is 15.8 Å². The van der Waals surface area contributed by atoms with Crippen LogP contribution in [0, 0.1) is 12.7 Å². The first-order valence-electron chi connectivity index (χ1n) is 11.3. The number of amides is 2. The molecule has 0 unspecified atom stereocenters. The first kappa shape index (κ1) is 21.3. The lowest BCUT2D eigenvalue weighted by atomic mass is 10.0. The largest absolute Gasteiger partial charge is 0.371 e. The van der Waals surface area contributed by atoms with E-state index in [0.29, 0.717) is 24.3 Å². The molecule has 2 heterocycles. The highest BCUT2D eigenvalue weighted by Crippen LogP contribution is 2.33. The van der Waals surface area contributed by atoms with Gasteiger partial charge in [0.05, 0.1) is 11.4 Å². The Labute approximate surface area is 183 Å². The van der Waals surface area contributed by atoms with Gasteiger partial charge in [-0.15, -0.1) is 0 Å². The second-order valence-corrected chi connectivity index (χ2v) is 8.46. The number of carbonyl (C=O) groups is 2. The topological polar surface area (TPSA) is 52.7 Å². The Bertz CT molecular complexity index is 993. The zero-order valence-corrected chi connectivity index (χ0v) is 18.3. The van der Waals surface area contributed by atoms with E-state index in [-0.39, 0.29) is 23.1 Å². The number of rotatable bonds is 5. The van der Waals surface area contributed by atoms with Crippen molar-refractivity contribution in [2.24, 2.45) is 0 Å². The van der Waals surface area contributed by atoms with Crippen molar-refractivity contribution in [1.29, 1.82) is 0 Å². The van der Waals surface area contributed by atoms with Gasteiger partial charge in [0.15, 0.2) is 5.82 Å². The Morgan fingerprint density at radius 3 is 2.35 bits per heavy atom. The smallest absolute Gasteiger partial charge is 0.259 e. The molecule has 2 saturated heterocycles. The van der Waals surface area contributed by atoms with Crippen LogP contribution in [-0.4, -0.2) is 42.9 Å². The summed E-state index contributed by atoms with van der Waals surface area (Å²) < 4.78 is 15.7. The Hall–Kier alpha value is -2.89. The van der Waals surface area contributed by atoms with Gasteiger partial charge < -0.3 is 15.1 Å². The fourth-order valence-electron chi connectivity index (χ4n) is 4.55. The number of hydrogen-bond donors (Lipinski definition) is 1. The van der Waals surface area contributed by atoms with Crippen molar-refractivity contribution in [3.05, 3.63) is 58.4 Å². The highest BCUT2D eigenvalue weighted by molar-refractivity contribution is 6.06. The Kier molecular flexibility index (Phi) is 6.25. The number of nitrogens with zero attached hydrogens (tertiary/aromatic N) is 2. The normalized spacial score (nSPS) is 16.1. The third-order valence-electron chi connectivity index (χ3n) is 6.41. The standard InChI is InChI=1S/C25H30FN3O2/c1-3-18-16-19(9-8-17(18)2)24(30)27-20-10-11-21(28-12-4-5-13-28)22(23(20)26)25(31)29-14-6-7-15-29/h8-11,16H,3-7,12-15H2,1-2H3,(H,27,30). The second kappa shape index (κ2) is 9.08. The molecule has 2 aliphatic heterocycles. The summed E-state index contributed by atoms with van der Waals surface area (Å²) in [5.41, 5.74) is 3.46. The average Bonchev–Trinajstić information content (AvgIpc) is 3.49. The van der Waals surface area contributed by atoms with E-state index in [2.05, 4.69) is 10.2 Å². The molecule has 31 heavy (non-hydrogen) atoms. The van der Waals surface area contributed by atoms with Gasteiger partial charge in [0.25, 0.3) is 11.8 Å². The second-order valence-electron chi connectivity index (χ2n) is 8.46. The quantitative estimate of drug-likeness (QED) is 0.753. The lowest BCUT2D eigenvalue weighted by Crippen LogP contribution is -2.31. The average molecular weight is 424 g/mol. The molecule has 0 saturated carbocycles. The zero-order chi connectivity index (χ0) is 22.0. The van der Waals surface area contributed by atoms with Gasteiger partial charge in [-0.25, -0.2) is 4.39 Å². The molecule has 0 spiro atoms. The predicted octanol–water partition coefficient (Wildman–Crippen LogP) is 4.79. The van der Waals surface area contributed by atoms with E-state index in [4.69, 9.17) is 0 Å². The maximum atomic E-state index is 15.7. The Morgan fingerprint density at radius 1 is 1.00 bits per heavy atom. The van der Waals surface area contributed by atoms with Crippen LogP contribution in [0.5, 0.6) is 0 Å². The molecule has 0 radical (unpaired) electrons. The fourth-order valence-corrected chi connectivity index (χ4v) is 4.55. The number of carbonyl (C=O) groups excluding carboxylic acids is 2. The highest BCUT2D eigenvalue weighted by atomic mass is 19.1. The molecule has 2 amide bonds. The summed E-state index contributed by atoms with van der Waals surface area (Å²) in [4.78, 5) is 29.9. The summed E-state index contributed by atoms with van der Waals surface area (Å²) in [6, 6.07) is 8.85. The van der Waals surface area contributed by atoms with E-state index < -0.39 is 5.82 Å². The van der Waals surface area contributed by atoms with Gasteiger partial charge in [-0.1, -0.05) is 13.0 Å². The summed E-state index contributed by atoms with van der Waals surface area (Å²) in [7, 11) is 0. The van der Waals surface area contributed by atoms with Crippen LogP contribution in [0.15, 0.2) is 30.3 Å². The molecule has 0 aromatic heterocycles. The number of hydrogen-bond acceptors (Lipinski definition) is 3. The number of benzene rings is 2. The lowest BCUT2D eigenvalue weighted by molar-refractivity contribution is 0.0788. The van der Waals surface area contributed by atoms with Gasteiger partial charge in [-0.05, 0) is 74.4 Å². The third kappa shape index (κ3) is 4.29. The molecule has 5 nitrogen and oxygen atoms in total. The van der Waals surface area contributed by atoms with Crippen molar-refractivity contribution in [2.45, 2.75) is 46.0 Å². The van der Waals surface area contributed by atoms with E-state index in [1.165, 1.54) is 0 Å². The first-order valence-corrected chi connectivity index (χ1v) is 11.3. The lowest BCUT2D eigenvalue weighted by Gasteiger charge is -2.25. The summed E-state index contributed by atoms with van der Waals surface area (Å²) in [6.07, 6.45) is 4.77. The van der Waals surface area contributed by atoms with Gasteiger partial charge >= 0.3 is 0 Å². The molecule has 0 atom stereocenters. The highest BCUT2D eigenvalue weighted by Gasteiger charge is 2.30. The van der Waals surface area contributed by atoms with Crippen LogP contribution in [0.2, 0.25) is 0 Å². The van der Waals surface area contributed by atoms with Crippen LogP contribution in [0.3, 0.4) is 0 Å². The molecule has 0 bridgehead atoms. The van der Waals surface area contributed by atoms with Gasteiger partial charge in [-0.3, -0.25) is 9.59 Å². The molecule has 2 aromatic carbocycles. The van der Waals surface area contributed by atoms with Crippen LogP contribution in [0.1, 0.15) is 64.4 Å². The first-order chi connectivity index (χ1) is 15.0. The van der Waals surface area contributed by atoms with Crippen molar-refractivity contribution < 1.29 is 14.0 Å². The molecule has 2 aliphatic rings. The fraction of sp³-hybridized carbons (Fsp3) is 0.440. The van der Waals surface area contributed by atoms with E-state index in [1.807, 2.05) is 26.0 Å². The molecular formula is C25H30FN3O2. The van der Waals surface area contributed by atoms with Crippen LogP contribution >= 0.6 is 0 Å². The minimum absolute atomic E-state index is 0.0501. The van der Waals surface area contributed by atoms with Crippen molar-refractivity contribution >= 4 is 23.2 Å². The molecule has 0 aliphatic carbocycles. The van der Waals surface area contributed by atoms with E-state index in [1.54, 1.807) is 23.1 Å². The maximum absolute atomic E-state index is 15.7. The van der Waals surface area contributed by atoms with E-state index >= 15 is 4.39 Å². The number of anilines is 2. The molecule has 4 rings (SSSR count). The van der Waals surface area contributed by atoms with Gasteiger partial charge in [0.2, 0.25) is 0 Å².